The third-order valence-electron chi connectivity index (χ3n) is 4.19. The van der Waals surface area contributed by atoms with Crippen molar-refractivity contribution in [2.45, 2.75) is 38.6 Å². The summed E-state index contributed by atoms with van der Waals surface area (Å²) in [6, 6.07) is 0. The predicted molar refractivity (Wildman–Crippen MR) is 78.1 cm³/mol. The Kier molecular flexibility index (Phi) is 3.77. The maximum Gasteiger partial charge on any atom is 0.156 e. The second-order valence-electron chi connectivity index (χ2n) is 5.68. The first kappa shape index (κ1) is 13.0. The molecular weight excluding hydrogens is 258 g/mol. The highest BCUT2D eigenvalue weighted by Crippen LogP contribution is 2.41. The van der Waals surface area contributed by atoms with Gasteiger partial charge in [0.25, 0.3) is 0 Å². The standard InChI is InChI=1S/C13H21N5S/c1-18-10-16-17-11(18)7-14-12-15-8-13(9-19-12)5-3-2-4-6-13/h10H,2-9H2,1H3,(H,14,15). The summed E-state index contributed by atoms with van der Waals surface area (Å²) in [5.41, 5.74) is 0.499. The Bertz CT molecular complexity index is 461. The van der Waals surface area contributed by atoms with Crippen molar-refractivity contribution in [3.8, 4) is 0 Å². The number of amidine groups is 1. The third-order valence-corrected chi connectivity index (χ3v) is 5.49. The molecule has 5 nitrogen and oxygen atoms in total. The molecule has 0 atom stereocenters. The molecule has 1 aliphatic heterocycles. The van der Waals surface area contributed by atoms with Crippen LogP contribution in [0.2, 0.25) is 0 Å². The Hall–Kier alpha value is -1.04. The molecule has 0 unspecified atom stereocenters. The van der Waals surface area contributed by atoms with Gasteiger partial charge in [-0.25, -0.2) is 0 Å². The highest BCUT2D eigenvalue weighted by atomic mass is 32.2. The zero-order valence-electron chi connectivity index (χ0n) is 11.4. The van der Waals surface area contributed by atoms with Crippen molar-refractivity contribution in [1.29, 1.82) is 0 Å². The molecule has 0 saturated heterocycles. The minimum atomic E-state index is 0.499. The van der Waals surface area contributed by atoms with E-state index in [9.17, 15) is 0 Å². The van der Waals surface area contributed by atoms with E-state index < -0.39 is 0 Å². The maximum atomic E-state index is 4.75. The minimum absolute atomic E-state index is 0.499. The van der Waals surface area contributed by atoms with Gasteiger partial charge in [-0.3, -0.25) is 4.99 Å². The molecule has 1 aromatic heterocycles. The van der Waals surface area contributed by atoms with Gasteiger partial charge in [0, 0.05) is 19.3 Å². The zero-order valence-corrected chi connectivity index (χ0v) is 12.2. The van der Waals surface area contributed by atoms with Gasteiger partial charge in [0.2, 0.25) is 0 Å². The smallest absolute Gasteiger partial charge is 0.156 e. The fourth-order valence-corrected chi connectivity index (χ4v) is 4.04. The van der Waals surface area contributed by atoms with Gasteiger partial charge in [-0.05, 0) is 18.3 Å². The first-order valence-corrected chi connectivity index (χ1v) is 8.00. The third kappa shape index (κ3) is 2.94. The number of aromatic nitrogens is 3. The fourth-order valence-electron chi connectivity index (χ4n) is 2.89. The second-order valence-corrected chi connectivity index (χ2v) is 6.65. The SMILES string of the molecule is Cn1cnnc1CNC1=NCC2(CCCCC2)CS1. The van der Waals surface area contributed by atoms with Crippen LogP contribution in [0.5, 0.6) is 0 Å². The van der Waals surface area contributed by atoms with Gasteiger partial charge in [-0.1, -0.05) is 31.0 Å². The average Bonchev–Trinajstić information content (AvgIpc) is 2.85. The molecule has 1 spiro atoms. The largest absolute Gasteiger partial charge is 0.358 e. The lowest BCUT2D eigenvalue weighted by molar-refractivity contribution is 0.232. The van der Waals surface area contributed by atoms with Gasteiger partial charge in [-0.2, -0.15) is 0 Å². The molecule has 0 radical (unpaired) electrons. The van der Waals surface area contributed by atoms with E-state index in [-0.39, 0.29) is 0 Å². The lowest BCUT2D eigenvalue weighted by Crippen LogP contribution is -2.37. The monoisotopic (exact) mass is 279 g/mol. The Morgan fingerprint density at radius 2 is 2.21 bits per heavy atom. The van der Waals surface area contributed by atoms with E-state index in [0.29, 0.717) is 12.0 Å². The first-order valence-electron chi connectivity index (χ1n) is 7.01. The molecule has 1 aromatic rings. The highest BCUT2D eigenvalue weighted by molar-refractivity contribution is 8.13. The second kappa shape index (κ2) is 5.53. The van der Waals surface area contributed by atoms with Crippen molar-refractivity contribution in [3.63, 3.8) is 0 Å². The Morgan fingerprint density at radius 3 is 2.84 bits per heavy atom. The van der Waals surface area contributed by atoms with Gasteiger partial charge in [0.05, 0.1) is 6.54 Å². The summed E-state index contributed by atoms with van der Waals surface area (Å²) in [5, 5.41) is 12.4. The van der Waals surface area contributed by atoms with Gasteiger partial charge in [-0.15, -0.1) is 10.2 Å². The van der Waals surface area contributed by atoms with E-state index in [1.165, 1.54) is 37.9 Å². The van der Waals surface area contributed by atoms with Crippen LogP contribution in [0.4, 0.5) is 0 Å². The van der Waals surface area contributed by atoms with Crippen LogP contribution in [-0.2, 0) is 13.6 Å². The summed E-state index contributed by atoms with van der Waals surface area (Å²) < 4.78 is 1.93. The summed E-state index contributed by atoms with van der Waals surface area (Å²) in [7, 11) is 1.96. The molecule has 0 bridgehead atoms. The fraction of sp³-hybridized carbons (Fsp3) is 0.769. The van der Waals surface area contributed by atoms with Crippen LogP contribution < -0.4 is 5.32 Å². The average molecular weight is 279 g/mol. The molecule has 6 heteroatoms. The van der Waals surface area contributed by atoms with Crippen LogP contribution in [-0.4, -0.2) is 32.2 Å². The number of hydrogen-bond donors (Lipinski definition) is 1. The molecule has 3 rings (SSSR count). The molecule has 104 valence electrons. The summed E-state index contributed by atoms with van der Waals surface area (Å²) >= 11 is 1.88. The summed E-state index contributed by atoms with van der Waals surface area (Å²) in [5.74, 6) is 2.17. The van der Waals surface area contributed by atoms with Crippen LogP contribution in [0.25, 0.3) is 0 Å². The molecule has 2 aliphatic rings. The van der Waals surface area contributed by atoms with Crippen molar-refractivity contribution in [3.05, 3.63) is 12.2 Å². The molecule has 0 aromatic carbocycles. The van der Waals surface area contributed by atoms with Crippen LogP contribution in [0.15, 0.2) is 11.3 Å². The van der Waals surface area contributed by atoms with E-state index in [0.717, 1.165) is 17.5 Å². The Morgan fingerprint density at radius 1 is 1.37 bits per heavy atom. The van der Waals surface area contributed by atoms with Crippen LogP contribution in [0.3, 0.4) is 0 Å². The van der Waals surface area contributed by atoms with Gasteiger partial charge in [0.1, 0.15) is 6.33 Å². The van der Waals surface area contributed by atoms with E-state index in [1.807, 2.05) is 23.4 Å². The predicted octanol–water partition coefficient (Wildman–Crippen LogP) is 1.96. The highest BCUT2D eigenvalue weighted by Gasteiger charge is 2.34. The number of thioether (sulfide) groups is 1. The lowest BCUT2D eigenvalue weighted by Gasteiger charge is -2.38. The van der Waals surface area contributed by atoms with Crippen LogP contribution in [0, 0.1) is 5.41 Å². The van der Waals surface area contributed by atoms with Crippen LogP contribution in [0.1, 0.15) is 37.9 Å². The molecule has 1 fully saturated rings. The molecular formula is C13H21N5S. The topological polar surface area (TPSA) is 55.1 Å². The summed E-state index contributed by atoms with van der Waals surface area (Å²) in [4.78, 5) is 4.75. The van der Waals surface area contributed by atoms with Crippen molar-refractivity contribution < 1.29 is 0 Å². The molecule has 19 heavy (non-hydrogen) atoms. The minimum Gasteiger partial charge on any atom is -0.358 e. The first-order chi connectivity index (χ1) is 9.27. The van der Waals surface area contributed by atoms with Gasteiger partial charge < -0.3 is 9.88 Å². The maximum absolute atomic E-state index is 4.75. The van der Waals surface area contributed by atoms with Gasteiger partial charge >= 0.3 is 0 Å². The molecule has 1 saturated carbocycles. The Balaban J connectivity index is 1.55. The number of rotatable bonds is 2. The molecule has 1 aliphatic carbocycles. The number of aliphatic imine (C=N–C) groups is 1. The quantitative estimate of drug-likeness (QED) is 0.899. The number of hydrogen-bond acceptors (Lipinski definition) is 5. The van der Waals surface area contributed by atoms with Crippen LogP contribution >= 0.6 is 11.8 Å². The Labute approximate surface area is 118 Å². The summed E-state index contributed by atoms with van der Waals surface area (Å²) in [6.07, 6.45) is 8.63. The number of aryl methyl sites for hydroxylation is 1. The molecule has 0 amide bonds. The van der Waals surface area contributed by atoms with Crippen molar-refractivity contribution in [1.82, 2.24) is 20.1 Å². The van der Waals surface area contributed by atoms with E-state index >= 15 is 0 Å². The zero-order chi connectivity index (χ0) is 13.1. The normalized spacial score (nSPS) is 22.3. The molecule has 1 N–H and O–H groups in total. The van der Waals surface area contributed by atoms with E-state index in [2.05, 4.69) is 15.5 Å². The molecule has 2 heterocycles. The van der Waals surface area contributed by atoms with Crippen molar-refractivity contribution in [2.75, 3.05) is 12.3 Å². The van der Waals surface area contributed by atoms with Gasteiger partial charge in [0.15, 0.2) is 11.0 Å². The van der Waals surface area contributed by atoms with Crippen molar-refractivity contribution in [2.24, 2.45) is 17.5 Å². The lowest BCUT2D eigenvalue weighted by atomic mass is 9.75. The van der Waals surface area contributed by atoms with Crippen molar-refractivity contribution >= 4 is 16.9 Å². The number of nitrogens with one attached hydrogen (secondary N) is 1. The van der Waals surface area contributed by atoms with E-state index in [4.69, 9.17) is 4.99 Å². The van der Waals surface area contributed by atoms with E-state index in [1.54, 1.807) is 6.33 Å². The summed E-state index contributed by atoms with van der Waals surface area (Å²) in [6.45, 7) is 1.70. The number of nitrogens with zero attached hydrogens (tertiary/aromatic N) is 4.